The molecule has 0 heterocycles. The summed E-state index contributed by atoms with van der Waals surface area (Å²) in [5.74, 6) is 0.183. The highest BCUT2D eigenvalue weighted by Gasteiger charge is 2.43. The third kappa shape index (κ3) is 6.72. The van der Waals surface area contributed by atoms with E-state index in [4.69, 9.17) is 4.74 Å². The van der Waals surface area contributed by atoms with Gasteiger partial charge < -0.3 is 4.74 Å². The van der Waals surface area contributed by atoms with Gasteiger partial charge in [-0.1, -0.05) is 102 Å². The van der Waals surface area contributed by atoms with Crippen LogP contribution in [0.4, 0.5) is 0 Å². The van der Waals surface area contributed by atoms with Gasteiger partial charge >= 0.3 is 5.97 Å². The third-order valence-corrected chi connectivity index (χ3v) is 7.33. The SMILES string of the molecule is CCCCCCCCc1ccc(OC(=O)C2(c3ccc(CCC)cc3)CCCCC2)c(C#N)c1. The van der Waals surface area contributed by atoms with Gasteiger partial charge in [-0.3, -0.25) is 4.79 Å². The predicted molar refractivity (Wildman–Crippen MR) is 139 cm³/mol. The average molecular weight is 460 g/mol. The molecule has 0 radical (unpaired) electrons. The maximum Gasteiger partial charge on any atom is 0.321 e. The topological polar surface area (TPSA) is 50.1 Å². The molecule has 1 saturated carbocycles. The van der Waals surface area contributed by atoms with Crippen LogP contribution in [0.5, 0.6) is 5.75 Å². The molecule has 0 amide bonds. The monoisotopic (exact) mass is 459 g/mol. The van der Waals surface area contributed by atoms with Gasteiger partial charge in [0.2, 0.25) is 0 Å². The first kappa shape index (κ1) is 26.0. The Kier molecular flexibility index (Phi) is 10.2. The molecule has 3 nitrogen and oxygen atoms in total. The van der Waals surface area contributed by atoms with Crippen LogP contribution in [-0.2, 0) is 23.1 Å². The largest absolute Gasteiger partial charge is 0.424 e. The Morgan fingerprint density at radius 3 is 2.21 bits per heavy atom. The lowest BCUT2D eigenvalue weighted by Gasteiger charge is -2.35. The van der Waals surface area contributed by atoms with Crippen LogP contribution in [0, 0.1) is 11.3 Å². The van der Waals surface area contributed by atoms with Crippen molar-refractivity contribution in [2.45, 2.75) is 109 Å². The van der Waals surface area contributed by atoms with Crippen LogP contribution in [0.3, 0.4) is 0 Å². The third-order valence-electron chi connectivity index (χ3n) is 7.33. The summed E-state index contributed by atoms with van der Waals surface area (Å²) in [5, 5.41) is 9.76. The molecule has 0 saturated heterocycles. The van der Waals surface area contributed by atoms with Crippen LogP contribution in [0.1, 0.15) is 113 Å². The lowest BCUT2D eigenvalue weighted by molar-refractivity contribution is -0.142. The van der Waals surface area contributed by atoms with E-state index in [1.807, 2.05) is 18.2 Å². The molecule has 34 heavy (non-hydrogen) atoms. The minimum Gasteiger partial charge on any atom is -0.424 e. The van der Waals surface area contributed by atoms with Gasteiger partial charge in [0, 0.05) is 0 Å². The Morgan fingerprint density at radius 2 is 1.53 bits per heavy atom. The number of esters is 1. The van der Waals surface area contributed by atoms with Gasteiger partial charge in [0.15, 0.2) is 0 Å². The van der Waals surface area contributed by atoms with Crippen LogP contribution in [0.25, 0.3) is 0 Å². The van der Waals surface area contributed by atoms with Gasteiger partial charge in [-0.05, 0) is 60.9 Å². The smallest absolute Gasteiger partial charge is 0.321 e. The molecule has 2 aromatic rings. The second-order valence-corrected chi connectivity index (χ2v) is 9.94. The fourth-order valence-electron chi connectivity index (χ4n) is 5.26. The van der Waals surface area contributed by atoms with Crippen molar-refractivity contribution in [1.82, 2.24) is 0 Å². The van der Waals surface area contributed by atoms with Crippen molar-refractivity contribution in [2.24, 2.45) is 0 Å². The quantitative estimate of drug-likeness (QED) is 0.182. The molecule has 3 heteroatoms. The lowest BCUT2D eigenvalue weighted by atomic mass is 9.69. The highest BCUT2D eigenvalue weighted by Crippen LogP contribution is 2.41. The summed E-state index contributed by atoms with van der Waals surface area (Å²) < 4.78 is 5.97. The Labute approximate surface area is 206 Å². The number of unbranched alkanes of at least 4 members (excludes halogenated alkanes) is 5. The van der Waals surface area contributed by atoms with Gasteiger partial charge in [0.05, 0.1) is 11.0 Å². The lowest BCUT2D eigenvalue weighted by Crippen LogP contribution is -2.41. The van der Waals surface area contributed by atoms with Crippen molar-refractivity contribution in [2.75, 3.05) is 0 Å². The normalized spacial score (nSPS) is 15.0. The van der Waals surface area contributed by atoms with Gasteiger partial charge in [0.25, 0.3) is 0 Å². The van der Waals surface area contributed by atoms with Crippen molar-refractivity contribution in [3.8, 4) is 11.8 Å². The van der Waals surface area contributed by atoms with Gasteiger partial charge in [0.1, 0.15) is 11.8 Å². The summed E-state index contributed by atoms with van der Waals surface area (Å²) in [7, 11) is 0. The first-order valence-electron chi connectivity index (χ1n) is 13.5. The molecule has 0 aromatic heterocycles. The van der Waals surface area contributed by atoms with E-state index in [0.717, 1.165) is 68.9 Å². The zero-order valence-electron chi connectivity index (χ0n) is 21.2. The highest BCUT2D eigenvalue weighted by molar-refractivity contribution is 5.85. The standard InChI is InChI=1S/C31H41NO2/c1-3-5-6-7-8-10-14-26-17-20-29(27(23-26)24-32)34-30(33)31(21-11-9-12-22-31)28-18-15-25(13-4-2)16-19-28/h15-20,23H,3-14,21-22H2,1-2H3. The summed E-state index contributed by atoms with van der Waals surface area (Å²) in [6.07, 6.45) is 15.4. The molecule has 0 spiro atoms. The molecule has 2 aromatic carbocycles. The molecule has 0 aliphatic heterocycles. The van der Waals surface area contributed by atoms with E-state index in [9.17, 15) is 10.1 Å². The summed E-state index contributed by atoms with van der Waals surface area (Å²) >= 11 is 0. The van der Waals surface area contributed by atoms with E-state index >= 15 is 0 Å². The minimum absolute atomic E-state index is 0.212. The molecule has 1 aliphatic carbocycles. The Hall–Kier alpha value is -2.60. The van der Waals surface area contributed by atoms with Gasteiger partial charge in [-0.15, -0.1) is 0 Å². The fourth-order valence-corrected chi connectivity index (χ4v) is 5.26. The Bertz CT molecular complexity index is 948. The van der Waals surface area contributed by atoms with Crippen molar-refractivity contribution in [3.05, 3.63) is 64.7 Å². The molecule has 182 valence electrons. The van der Waals surface area contributed by atoms with E-state index in [0.29, 0.717) is 11.3 Å². The highest BCUT2D eigenvalue weighted by atomic mass is 16.5. The number of aryl methyl sites for hydroxylation is 2. The number of ether oxygens (including phenoxy) is 1. The second kappa shape index (κ2) is 13.3. The van der Waals surface area contributed by atoms with Crippen LogP contribution in [-0.4, -0.2) is 5.97 Å². The van der Waals surface area contributed by atoms with Crippen LogP contribution in [0.2, 0.25) is 0 Å². The fraction of sp³-hybridized carbons (Fsp3) is 0.548. The first-order chi connectivity index (χ1) is 16.6. The van der Waals surface area contributed by atoms with E-state index in [1.54, 1.807) is 0 Å². The molecule has 0 N–H and O–H groups in total. The minimum atomic E-state index is -0.618. The van der Waals surface area contributed by atoms with Crippen LogP contribution >= 0.6 is 0 Å². The molecule has 3 rings (SSSR count). The number of nitrogens with zero attached hydrogens (tertiary/aromatic N) is 1. The molecule has 0 atom stereocenters. The van der Waals surface area contributed by atoms with E-state index in [2.05, 4.69) is 44.2 Å². The van der Waals surface area contributed by atoms with E-state index < -0.39 is 5.41 Å². The number of hydrogen-bond donors (Lipinski definition) is 0. The van der Waals surface area contributed by atoms with E-state index in [1.165, 1.54) is 37.7 Å². The number of carbonyl (C=O) groups excluding carboxylic acids is 1. The van der Waals surface area contributed by atoms with Crippen molar-refractivity contribution < 1.29 is 9.53 Å². The Balaban J connectivity index is 1.72. The number of nitriles is 1. The number of rotatable bonds is 12. The second-order valence-electron chi connectivity index (χ2n) is 9.94. The summed E-state index contributed by atoms with van der Waals surface area (Å²) in [4.78, 5) is 13.6. The zero-order chi connectivity index (χ0) is 24.2. The molecule has 0 bridgehead atoms. The molecular formula is C31H41NO2. The van der Waals surface area contributed by atoms with Crippen molar-refractivity contribution >= 4 is 5.97 Å². The number of benzene rings is 2. The molecule has 1 aliphatic rings. The van der Waals surface area contributed by atoms with Gasteiger partial charge in [-0.2, -0.15) is 5.26 Å². The van der Waals surface area contributed by atoms with Crippen molar-refractivity contribution in [1.29, 1.82) is 5.26 Å². The maximum absolute atomic E-state index is 13.6. The van der Waals surface area contributed by atoms with Crippen molar-refractivity contribution in [3.63, 3.8) is 0 Å². The van der Waals surface area contributed by atoms with Gasteiger partial charge in [-0.25, -0.2) is 0 Å². The zero-order valence-corrected chi connectivity index (χ0v) is 21.2. The predicted octanol–water partition coefficient (Wildman–Crippen LogP) is 8.22. The Morgan fingerprint density at radius 1 is 0.853 bits per heavy atom. The summed E-state index contributed by atoms with van der Waals surface area (Å²) in [6, 6.07) is 16.5. The molecule has 1 fully saturated rings. The summed E-state index contributed by atoms with van der Waals surface area (Å²) in [5.41, 5.74) is 3.34. The molecule has 0 unspecified atom stereocenters. The first-order valence-corrected chi connectivity index (χ1v) is 13.5. The number of carbonyl (C=O) groups is 1. The molecular weight excluding hydrogens is 418 g/mol. The summed E-state index contributed by atoms with van der Waals surface area (Å²) in [6.45, 7) is 4.41. The maximum atomic E-state index is 13.6. The van der Waals surface area contributed by atoms with Crippen LogP contribution < -0.4 is 4.74 Å². The number of hydrogen-bond acceptors (Lipinski definition) is 3. The van der Waals surface area contributed by atoms with E-state index in [-0.39, 0.29) is 5.97 Å². The average Bonchev–Trinajstić information content (AvgIpc) is 2.87. The van der Waals surface area contributed by atoms with Crippen LogP contribution in [0.15, 0.2) is 42.5 Å².